The summed E-state index contributed by atoms with van der Waals surface area (Å²) in [5.41, 5.74) is -0.129. The number of hydrogen-bond donors (Lipinski definition) is 3. The van der Waals surface area contributed by atoms with Gasteiger partial charge in [-0.15, -0.1) is 0 Å². The van der Waals surface area contributed by atoms with Gasteiger partial charge in [-0.05, 0) is 36.8 Å². The molecule has 3 N–H and O–H groups in total. The molecule has 1 saturated carbocycles. The quantitative estimate of drug-likeness (QED) is 0.452. The van der Waals surface area contributed by atoms with Gasteiger partial charge in [0, 0.05) is 34.9 Å². The number of hydrogen-bond acceptors (Lipinski definition) is 8. The maximum Gasteiger partial charge on any atom is 0.275 e. The van der Waals surface area contributed by atoms with Crippen LogP contribution in [0.2, 0.25) is 0 Å². The minimum atomic E-state index is -0.721. The molecule has 0 aliphatic heterocycles. The van der Waals surface area contributed by atoms with Crippen molar-refractivity contribution < 1.29 is 11.3 Å². The lowest BCUT2D eigenvalue weighted by Gasteiger charge is -2.35. The van der Waals surface area contributed by atoms with Gasteiger partial charge < -0.3 is 20.6 Å². The third-order valence-corrected chi connectivity index (χ3v) is 6.65. The Morgan fingerprint density at radius 3 is 2.59 bits per heavy atom. The summed E-state index contributed by atoms with van der Waals surface area (Å²) in [6, 6.07) is 1.04. The number of nitrogens with one attached hydrogen (secondary N) is 2. The maximum atomic E-state index is 12.6. The minimum absolute atomic E-state index is 0.00898. The van der Waals surface area contributed by atoms with Gasteiger partial charge >= 0.3 is 0 Å². The van der Waals surface area contributed by atoms with Crippen LogP contribution in [0.5, 0.6) is 5.75 Å². The van der Waals surface area contributed by atoms with Crippen LogP contribution in [0.25, 0.3) is 0 Å². The summed E-state index contributed by atoms with van der Waals surface area (Å²) >= 11 is 0. The standard InChI is InChI=1S/C24H30N6O4/c1-13-12-30(5)28-15(13)22(24(2)9-6-7-10-24)27-17-16(20(32)21(17)33)26-14-8-11-25-18(19(14)31)23(34)29(3)4/h8,11-12,22,27,31H,6-7,9-10H2,1-5H3,(H,25,26)/i1D. The molecule has 1 amide bonds. The normalized spacial score (nSPS) is 16.3. The van der Waals surface area contributed by atoms with Crippen molar-refractivity contribution in [3.8, 4) is 5.75 Å². The third-order valence-electron chi connectivity index (χ3n) is 6.65. The van der Waals surface area contributed by atoms with E-state index in [4.69, 9.17) is 1.37 Å². The van der Waals surface area contributed by atoms with Gasteiger partial charge in [-0.3, -0.25) is 19.1 Å². The smallest absolute Gasteiger partial charge is 0.275 e. The molecule has 0 spiro atoms. The van der Waals surface area contributed by atoms with Gasteiger partial charge in [0.05, 0.1) is 17.4 Å². The first-order chi connectivity index (χ1) is 16.6. The highest BCUT2D eigenvalue weighted by Crippen LogP contribution is 2.49. The Hall–Kier alpha value is -3.69. The summed E-state index contributed by atoms with van der Waals surface area (Å²) in [7, 11) is 4.86. The predicted molar refractivity (Wildman–Crippen MR) is 129 cm³/mol. The zero-order valence-electron chi connectivity index (χ0n) is 20.8. The van der Waals surface area contributed by atoms with E-state index in [1.54, 1.807) is 17.9 Å². The molecule has 1 aliphatic rings. The molecular formula is C24H30N6O4. The number of aryl methyl sites for hydroxylation is 2. The molecule has 34 heavy (non-hydrogen) atoms. The van der Waals surface area contributed by atoms with Crippen molar-refractivity contribution in [1.82, 2.24) is 19.7 Å². The first-order valence-electron chi connectivity index (χ1n) is 11.9. The van der Waals surface area contributed by atoms with Crippen LogP contribution in [-0.4, -0.2) is 44.8 Å². The van der Waals surface area contributed by atoms with E-state index in [1.165, 1.54) is 31.3 Å². The molecule has 0 bridgehead atoms. The van der Waals surface area contributed by atoms with Crippen LogP contribution in [0.3, 0.4) is 0 Å². The van der Waals surface area contributed by atoms with Crippen LogP contribution in [0.1, 0.15) is 61.8 Å². The molecule has 1 atom stereocenters. The summed E-state index contributed by atoms with van der Waals surface area (Å²) < 4.78 is 9.60. The Bertz CT molecular complexity index is 1330. The molecule has 1 unspecified atom stereocenters. The lowest BCUT2D eigenvalue weighted by atomic mass is 9.78. The highest BCUT2D eigenvalue weighted by Gasteiger charge is 2.41. The molecule has 1 fully saturated rings. The van der Waals surface area contributed by atoms with Crippen molar-refractivity contribution in [2.24, 2.45) is 12.5 Å². The van der Waals surface area contributed by atoms with Crippen LogP contribution in [0.4, 0.5) is 17.1 Å². The van der Waals surface area contributed by atoms with Crippen molar-refractivity contribution in [3.05, 3.63) is 55.9 Å². The summed E-state index contributed by atoms with van der Waals surface area (Å²) in [6.45, 7) is 2.18. The molecule has 2 heterocycles. The zero-order valence-corrected chi connectivity index (χ0v) is 19.8. The fourth-order valence-electron chi connectivity index (χ4n) is 4.69. The number of nitrogens with zero attached hydrogens (tertiary/aromatic N) is 4. The van der Waals surface area contributed by atoms with Gasteiger partial charge in [0.25, 0.3) is 16.8 Å². The lowest BCUT2D eigenvalue weighted by molar-refractivity contribution is 0.0819. The van der Waals surface area contributed by atoms with Gasteiger partial charge in [0.1, 0.15) is 11.4 Å². The number of aromatic nitrogens is 3. The third kappa shape index (κ3) is 3.93. The second-order valence-corrected chi connectivity index (χ2v) is 9.44. The first kappa shape index (κ1) is 22.1. The maximum absolute atomic E-state index is 12.6. The second kappa shape index (κ2) is 8.58. The molecule has 0 radical (unpaired) electrons. The Morgan fingerprint density at radius 1 is 1.26 bits per heavy atom. The van der Waals surface area contributed by atoms with E-state index >= 15 is 0 Å². The van der Waals surface area contributed by atoms with Gasteiger partial charge in [-0.2, -0.15) is 5.10 Å². The number of anilines is 3. The average molecular weight is 468 g/mol. The van der Waals surface area contributed by atoms with Gasteiger partial charge in [-0.1, -0.05) is 19.8 Å². The SMILES string of the molecule is [2H]Cc1cn(C)nc1C(Nc1c(Nc2ccnc(C(=O)N(C)C)c2O)c(=O)c1=O)C1(C)CCCC1. The van der Waals surface area contributed by atoms with Crippen LogP contribution in [-0.2, 0) is 7.05 Å². The fraction of sp³-hybridized carbons (Fsp3) is 0.458. The number of amides is 1. The molecule has 10 nitrogen and oxygen atoms in total. The van der Waals surface area contributed by atoms with Crippen LogP contribution < -0.4 is 21.5 Å². The van der Waals surface area contributed by atoms with Gasteiger partial charge in [0.2, 0.25) is 0 Å². The van der Waals surface area contributed by atoms with Crippen molar-refractivity contribution in [2.75, 3.05) is 24.7 Å². The Balaban J connectivity index is 1.72. The molecule has 1 aliphatic carbocycles. The highest BCUT2D eigenvalue weighted by molar-refractivity contribution is 5.97. The Morgan fingerprint density at radius 2 is 1.94 bits per heavy atom. The van der Waals surface area contributed by atoms with E-state index in [0.717, 1.165) is 31.2 Å². The number of aromatic hydroxyl groups is 1. The minimum Gasteiger partial charge on any atom is -0.504 e. The van der Waals surface area contributed by atoms with Crippen molar-refractivity contribution >= 4 is 23.0 Å². The Kier molecular flexibility index (Phi) is 5.59. The summed E-state index contributed by atoms with van der Waals surface area (Å²) in [4.78, 5) is 42.7. The number of rotatable bonds is 7. The molecule has 180 valence electrons. The van der Waals surface area contributed by atoms with E-state index < -0.39 is 22.5 Å². The van der Waals surface area contributed by atoms with E-state index in [0.29, 0.717) is 5.69 Å². The van der Waals surface area contributed by atoms with Gasteiger partial charge in [0.15, 0.2) is 11.4 Å². The average Bonchev–Trinajstić information content (AvgIpc) is 3.44. The van der Waals surface area contributed by atoms with Crippen LogP contribution in [0.15, 0.2) is 28.0 Å². The molecule has 0 saturated heterocycles. The highest BCUT2D eigenvalue weighted by atomic mass is 16.3. The monoisotopic (exact) mass is 467 g/mol. The second-order valence-electron chi connectivity index (χ2n) is 9.44. The molecule has 4 rings (SSSR count). The summed E-state index contributed by atoms with van der Waals surface area (Å²) in [5, 5.41) is 21.3. The molecule has 10 heteroatoms. The molecule has 1 aromatic carbocycles. The number of pyridine rings is 1. The molecular weight excluding hydrogens is 436 g/mol. The van der Waals surface area contributed by atoms with Crippen molar-refractivity contribution in [3.63, 3.8) is 0 Å². The zero-order chi connectivity index (χ0) is 25.5. The first-order valence-corrected chi connectivity index (χ1v) is 11.2. The van der Waals surface area contributed by atoms with Crippen molar-refractivity contribution in [1.29, 1.82) is 0 Å². The van der Waals surface area contributed by atoms with E-state index in [2.05, 4.69) is 27.6 Å². The van der Waals surface area contributed by atoms with Crippen molar-refractivity contribution in [2.45, 2.75) is 45.5 Å². The number of carbonyl (C=O) groups excluding carboxylic acids is 1. The van der Waals surface area contributed by atoms with Crippen LogP contribution in [0, 0.1) is 12.3 Å². The molecule has 3 aromatic rings. The topological polar surface area (TPSA) is 129 Å². The van der Waals surface area contributed by atoms with E-state index in [1.807, 2.05) is 0 Å². The van der Waals surface area contributed by atoms with E-state index in [-0.39, 0.29) is 41.1 Å². The van der Waals surface area contributed by atoms with E-state index in [9.17, 15) is 19.5 Å². The van der Waals surface area contributed by atoms with Crippen LogP contribution >= 0.6 is 0 Å². The summed E-state index contributed by atoms with van der Waals surface area (Å²) in [5.74, 6) is -0.910. The largest absolute Gasteiger partial charge is 0.504 e. The fourth-order valence-corrected chi connectivity index (χ4v) is 4.69. The predicted octanol–water partition coefficient (Wildman–Crippen LogP) is 2.60. The molecule has 2 aromatic heterocycles. The summed E-state index contributed by atoms with van der Waals surface area (Å²) in [6.07, 6.45) is 7.06. The van der Waals surface area contributed by atoms with Gasteiger partial charge in [-0.25, -0.2) is 4.98 Å². The number of carbonyl (C=O) groups is 1. The lowest BCUT2D eigenvalue weighted by Crippen LogP contribution is -2.40. The Labute approximate surface area is 198 Å².